The first-order valence-electron chi connectivity index (χ1n) is 5.64. The van der Waals surface area contributed by atoms with Crippen LogP contribution in [-0.4, -0.2) is 11.7 Å². The van der Waals surface area contributed by atoms with E-state index in [2.05, 4.69) is 13.8 Å². The molecule has 1 N–H and O–H groups in total. The summed E-state index contributed by atoms with van der Waals surface area (Å²) >= 11 is 6.02. The average Bonchev–Trinajstić information content (AvgIpc) is 2.27. The van der Waals surface area contributed by atoms with Crippen molar-refractivity contribution in [3.8, 4) is 5.75 Å². The van der Waals surface area contributed by atoms with Crippen LogP contribution in [0.1, 0.15) is 38.9 Å². The van der Waals surface area contributed by atoms with Crippen LogP contribution in [0.3, 0.4) is 0 Å². The summed E-state index contributed by atoms with van der Waals surface area (Å²) in [6, 6.07) is 5.42. The molecule has 1 atom stereocenters. The summed E-state index contributed by atoms with van der Waals surface area (Å²) in [5, 5.41) is 10.4. The number of hydrogen-bond acceptors (Lipinski definition) is 2. The first-order chi connectivity index (χ1) is 7.54. The van der Waals surface area contributed by atoms with E-state index in [4.69, 9.17) is 16.3 Å². The molecule has 0 aromatic heterocycles. The maximum atomic E-state index is 9.77. The van der Waals surface area contributed by atoms with E-state index in [-0.39, 0.29) is 0 Å². The van der Waals surface area contributed by atoms with Gasteiger partial charge in [-0.3, -0.25) is 0 Å². The first kappa shape index (κ1) is 13.3. The molecule has 0 radical (unpaired) electrons. The van der Waals surface area contributed by atoms with Crippen molar-refractivity contribution in [3.63, 3.8) is 0 Å². The zero-order valence-electron chi connectivity index (χ0n) is 10.0. The number of aliphatic hydroxyl groups excluding tert-OH is 1. The molecule has 0 saturated carbocycles. The van der Waals surface area contributed by atoms with Gasteiger partial charge in [0.25, 0.3) is 0 Å². The van der Waals surface area contributed by atoms with Crippen molar-refractivity contribution in [2.45, 2.75) is 33.3 Å². The molecule has 0 heterocycles. The third-order valence-corrected chi connectivity index (χ3v) is 2.64. The van der Waals surface area contributed by atoms with Crippen LogP contribution in [0.4, 0.5) is 0 Å². The molecule has 90 valence electrons. The zero-order chi connectivity index (χ0) is 12.1. The van der Waals surface area contributed by atoms with E-state index in [1.807, 2.05) is 19.1 Å². The second kappa shape index (κ2) is 6.12. The number of aliphatic hydroxyl groups is 1. The number of halogens is 1. The van der Waals surface area contributed by atoms with E-state index < -0.39 is 6.10 Å². The van der Waals surface area contributed by atoms with E-state index >= 15 is 0 Å². The summed E-state index contributed by atoms with van der Waals surface area (Å²) in [7, 11) is 0. The van der Waals surface area contributed by atoms with Gasteiger partial charge in [0.2, 0.25) is 0 Å². The molecule has 0 aliphatic carbocycles. The molecule has 1 aromatic rings. The smallest absolute Gasteiger partial charge is 0.119 e. The number of benzene rings is 1. The highest BCUT2D eigenvalue weighted by molar-refractivity contribution is 6.31. The minimum Gasteiger partial charge on any atom is -0.493 e. The number of ether oxygens (including phenoxy) is 1. The van der Waals surface area contributed by atoms with Crippen molar-refractivity contribution in [1.29, 1.82) is 0 Å². The van der Waals surface area contributed by atoms with Gasteiger partial charge in [0.05, 0.1) is 12.7 Å². The minimum atomic E-state index is -0.518. The molecule has 0 fully saturated rings. The van der Waals surface area contributed by atoms with Gasteiger partial charge < -0.3 is 9.84 Å². The largest absolute Gasteiger partial charge is 0.493 e. The van der Waals surface area contributed by atoms with Crippen molar-refractivity contribution in [3.05, 3.63) is 28.8 Å². The summed E-state index contributed by atoms with van der Waals surface area (Å²) in [5.41, 5.74) is 0.741. The van der Waals surface area contributed by atoms with Gasteiger partial charge in [-0.1, -0.05) is 32.4 Å². The van der Waals surface area contributed by atoms with Crippen LogP contribution in [-0.2, 0) is 0 Å². The van der Waals surface area contributed by atoms with Crippen LogP contribution in [0.25, 0.3) is 0 Å². The van der Waals surface area contributed by atoms with Crippen LogP contribution in [0, 0.1) is 5.92 Å². The van der Waals surface area contributed by atoms with E-state index in [1.54, 1.807) is 6.07 Å². The monoisotopic (exact) mass is 242 g/mol. The standard InChI is InChI=1S/C13H19ClO2/c1-4-13(15)11-7-10(5-6-12(11)14)16-8-9(2)3/h5-7,9,13,15H,4,8H2,1-3H3. The maximum Gasteiger partial charge on any atom is 0.119 e. The van der Waals surface area contributed by atoms with Crippen molar-refractivity contribution in [1.82, 2.24) is 0 Å². The van der Waals surface area contributed by atoms with Crippen molar-refractivity contribution in [2.75, 3.05) is 6.61 Å². The minimum absolute atomic E-state index is 0.482. The van der Waals surface area contributed by atoms with E-state index in [0.717, 1.165) is 11.3 Å². The predicted octanol–water partition coefficient (Wildman–Crippen LogP) is 3.82. The normalized spacial score (nSPS) is 12.9. The van der Waals surface area contributed by atoms with Gasteiger partial charge in [0, 0.05) is 10.6 Å². The van der Waals surface area contributed by atoms with E-state index in [1.165, 1.54) is 0 Å². The molecule has 0 bridgehead atoms. The van der Waals surface area contributed by atoms with Crippen LogP contribution >= 0.6 is 11.6 Å². The molecule has 2 nitrogen and oxygen atoms in total. The molecule has 1 aromatic carbocycles. The molecule has 0 aliphatic heterocycles. The second-order valence-electron chi connectivity index (χ2n) is 4.31. The van der Waals surface area contributed by atoms with E-state index in [0.29, 0.717) is 24.0 Å². The summed E-state index contributed by atoms with van der Waals surface area (Å²) in [6.45, 7) is 6.78. The van der Waals surface area contributed by atoms with E-state index in [9.17, 15) is 5.11 Å². The van der Waals surface area contributed by atoms with Crippen molar-refractivity contribution < 1.29 is 9.84 Å². The summed E-state index contributed by atoms with van der Waals surface area (Å²) in [4.78, 5) is 0. The van der Waals surface area contributed by atoms with Crippen LogP contribution in [0.2, 0.25) is 5.02 Å². The average molecular weight is 243 g/mol. The Morgan fingerprint density at radius 3 is 2.62 bits per heavy atom. The fourth-order valence-electron chi connectivity index (χ4n) is 1.35. The second-order valence-corrected chi connectivity index (χ2v) is 4.72. The molecule has 1 unspecified atom stereocenters. The maximum absolute atomic E-state index is 9.77. The SMILES string of the molecule is CCC(O)c1cc(OCC(C)C)ccc1Cl. The quantitative estimate of drug-likeness (QED) is 0.851. The van der Waals surface area contributed by atoms with Gasteiger partial charge in [0.15, 0.2) is 0 Å². The molecule has 0 spiro atoms. The molecule has 0 amide bonds. The van der Waals surface area contributed by atoms with Crippen molar-refractivity contribution in [2.24, 2.45) is 5.92 Å². The Morgan fingerprint density at radius 2 is 2.06 bits per heavy atom. The third kappa shape index (κ3) is 3.69. The highest BCUT2D eigenvalue weighted by Crippen LogP contribution is 2.29. The predicted molar refractivity (Wildman–Crippen MR) is 67.0 cm³/mol. The molecule has 0 aliphatic rings. The number of hydrogen-bond donors (Lipinski definition) is 1. The van der Waals surface area contributed by atoms with Gasteiger partial charge in [-0.25, -0.2) is 0 Å². The van der Waals surface area contributed by atoms with Crippen molar-refractivity contribution >= 4 is 11.6 Å². The fourth-order valence-corrected chi connectivity index (χ4v) is 1.59. The Hall–Kier alpha value is -0.730. The van der Waals surface area contributed by atoms with Crippen LogP contribution < -0.4 is 4.74 Å². The molecular weight excluding hydrogens is 224 g/mol. The topological polar surface area (TPSA) is 29.5 Å². The zero-order valence-corrected chi connectivity index (χ0v) is 10.8. The Morgan fingerprint density at radius 1 is 1.38 bits per heavy atom. The van der Waals surface area contributed by atoms with Gasteiger partial charge in [-0.2, -0.15) is 0 Å². The lowest BCUT2D eigenvalue weighted by atomic mass is 10.1. The molecule has 1 rings (SSSR count). The van der Waals surface area contributed by atoms with Gasteiger partial charge in [-0.15, -0.1) is 0 Å². The van der Waals surface area contributed by atoms with Gasteiger partial charge >= 0.3 is 0 Å². The lowest BCUT2D eigenvalue weighted by molar-refractivity contribution is 0.173. The van der Waals surface area contributed by atoms with Gasteiger partial charge in [-0.05, 0) is 30.5 Å². The fraction of sp³-hybridized carbons (Fsp3) is 0.538. The lowest BCUT2D eigenvalue weighted by Gasteiger charge is -2.14. The Balaban J connectivity index is 2.81. The molecular formula is C13H19ClO2. The highest BCUT2D eigenvalue weighted by Gasteiger charge is 2.10. The lowest BCUT2D eigenvalue weighted by Crippen LogP contribution is -2.05. The Labute approximate surface area is 102 Å². The molecule has 16 heavy (non-hydrogen) atoms. The summed E-state index contributed by atoms with van der Waals surface area (Å²) < 4.78 is 5.59. The summed E-state index contributed by atoms with van der Waals surface area (Å²) in [5.74, 6) is 1.25. The number of rotatable bonds is 5. The van der Waals surface area contributed by atoms with Crippen LogP contribution in [0.15, 0.2) is 18.2 Å². The van der Waals surface area contributed by atoms with Gasteiger partial charge in [0.1, 0.15) is 5.75 Å². The third-order valence-electron chi connectivity index (χ3n) is 2.30. The van der Waals surface area contributed by atoms with Crippen LogP contribution in [0.5, 0.6) is 5.75 Å². The highest BCUT2D eigenvalue weighted by atomic mass is 35.5. The first-order valence-corrected chi connectivity index (χ1v) is 6.02. The molecule has 0 saturated heterocycles. The Kier molecular flexibility index (Phi) is 5.10. The molecule has 3 heteroatoms. The summed E-state index contributed by atoms with van der Waals surface area (Å²) in [6.07, 6.45) is 0.128. The Bertz CT molecular complexity index is 337.